The molecule has 1 aromatic heterocycles. The standard InChI is InChI=1S/C26H26N2O2/c1-2-26(20-10-4-3-5-11-20,25(29)27-16-18-30-19-17-27)28-23-14-8-6-12-21(23)22-13-7-9-15-24(22)28/h3-15H,2,16-19H2,1H3/t26-/m0/s1. The second kappa shape index (κ2) is 7.62. The number of amides is 1. The molecule has 3 aromatic carbocycles. The summed E-state index contributed by atoms with van der Waals surface area (Å²) < 4.78 is 7.81. The van der Waals surface area contributed by atoms with Crippen LogP contribution in [-0.2, 0) is 15.1 Å². The molecule has 4 nitrogen and oxygen atoms in total. The van der Waals surface area contributed by atoms with Gasteiger partial charge in [0.1, 0.15) is 5.54 Å². The highest BCUT2D eigenvalue weighted by Crippen LogP contribution is 2.41. The molecule has 0 aliphatic carbocycles. The smallest absolute Gasteiger partial charge is 0.253 e. The van der Waals surface area contributed by atoms with Crippen LogP contribution in [0.25, 0.3) is 21.8 Å². The number of rotatable bonds is 4. The monoisotopic (exact) mass is 398 g/mol. The van der Waals surface area contributed by atoms with E-state index in [1.165, 1.54) is 10.8 Å². The van der Waals surface area contributed by atoms with Gasteiger partial charge in [-0.2, -0.15) is 0 Å². The lowest BCUT2D eigenvalue weighted by Gasteiger charge is -2.40. The molecule has 0 N–H and O–H groups in total. The van der Waals surface area contributed by atoms with Crippen molar-refractivity contribution in [3.63, 3.8) is 0 Å². The van der Waals surface area contributed by atoms with E-state index >= 15 is 0 Å². The first-order chi connectivity index (χ1) is 14.8. The number of carbonyl (C=O) groups excluding carboxylic acids is 1. The van der Waals surface area contributed by atoms with Gasteiger partial charge in [-0.3, -0.25) is 4.79 Å². The summed E-state index contributed by atoms with van der Waals surface area (Å²) in [5, 5.41) is 2.35. The normalized spacial score (nSPS) is 16.6. The minimum atomic E-state index is -0.818. The van der Waals surface area contributed by atoms with E-state index in [4.69, 9.17) is 4.74 Å². The van der Waals surface area contributed by atoms with E-state index in [1.807, 2.05) is 23.1 Å². The predicted octanol–water partition coefficient (Wildman–Crippen LogP) is 4.81. The molecule has 152 valence electrons. The average Bonchev–Trinajstić information content (AvgIpc) is 3.16. The van der Waals surface area contributed by atoms with Gasteiger partial charge in [0.2, 0.25) is 0 Å². The van der Waals surface area contributed by atoms with Gasteiger partial charge in [-0.25, -0.2) is 0 Å². The molecule has 4 aromatic rings. The van der Waals surface area contributed by atoms with E-state index in [-0.39, 0.29) is 5.91 Å². The Morgan fingerprint density at radius 2 is 1.37 bits per heavy atom. The minimum Gasteiger partial charge on any atom is -0.378 e. The third-order valence-corrected chi connectivity index (χ3v) is 6.38. The number of benzene rings is 3. The fourth-order valence-electron chi connectivity index (χ4n) is 4.94. The van der Waals surface area contributed by atoms with Crippen LogP contribution in [0.2, 0.25) is 0 Å². The molecule has 0 unspecified atom stereocenters. The van der Waals surface area contributed by atoms with Crippen molar-refractivity contribution in [1.82, 2.24) is 9.47 Å². The molecule has 0 bridgehead atoms. The number of aromatic nitrogens is 1. The quantitative estimate of drug-likeness (QED) is 0.495. The topological polar surface area (TPSA) is 34.5 Å². The maximum Gasteiger partial charge on any atom is 0.253 e. The number of fused-ring (bicyclic) bond motifs is 3. The highest BCUT2D eigenvalue weighted by atomic mass is 16.5. The van der Waals surface area contributed by atoms with Crippen molar-refractivity contribution < 1.29 is 9.53 Å². The van der Waals surface area contributed by atoms with Crippen LogP contribution in [0.4, 0.5) is 0 Å². The predicted molar refractivity (Wildman–Crippen MR) is 121 cm³/mol. The van der Waals surface area contributed by atoms with E-state index in [9.17, 15) is 4.79 Å². The van der Waals surface area contributed by atoms with Crippen molar-refractivity contribution >= 4 is 27.7 Å². The Hall–Kier alpha value is -3.11. The van der Waals surface area contributed by atoms with E-state index < -0.39 is 5.54 Å². The number of ether oxygens (including phenoxy) is 1. The molecular formula is C26H26N2O2. The maximum atomic E-state index is 14.3. The van der Waals surface area contributed by atoms with Gasteiger partial charge in [0.05, 0.1) is 24.2 Å². The highest BCUT2D eigenvalue weighted by Gasteiger charge is 2.45. The number of hydrogen-bond donors (Lipinski definition) is 0. The number of carbonyl (C=O) groups is 1. The number of nitrogens with zero attached hydrogens (tertiary/aromatic N) is 2. The van der Waals surface area contributed by atoms with Gasteiger partial charge in [0.15, 0.2) is 0 Å². The Morgan fingerprint density at radius 1 is 0.833 bits per heavy atom. The molecule has 5 rings (SSSR count). The van der Waals surface area contributed by atoms with Crippen molar-refractivity contribution in [2.24, 2.45) is 0 Å². The molecule has 1 saturated heterocycles. The fraction of sp³-hybridized carbons (Fsp3) is 0.269. The zero-order valence-corrected chi connectivity index (χ0v) is 17.3. The molecule has 1 amide bonds. The Balaban J connectivity index is 1.86. The van der Waals surface area contributed by atoms with Crippen LogP contribution in [0.15, 0.2) is 78.9 Å². The summed E-state index contributed by atoms with van der Waals surface area (Å²) in [7, 11) is 0. The van der Waals surface area contributed by atoms with E-state index in [0.29, 0.717) is 32.7 Å². The largest absolute Gasteiger partial charge is 0.378 e. The number of hydrogen-bond acceptors (Lipinski definition) is 2. The number of morpholine rings is 1. The van der Waals surface area contributed by atoms with Gasteiger partial charge < -0.3 is 14.2 Å². The fourth-order valence-corrected chi connectivity index (χ4v) is 4.94. The molecule has 4 heteroatoms. The molecule has 1 atom stereocenters. The average molecular weight is 399 g/mol. The molecule has 1 aliphatic rings. The zero-order valence-electron chi connectivity index (χ0n) is 17.3. The van der Waals surface area contributed by atoms with Gasteiger partial charge in [-0.05, 0) is 24.1 Å². The van der Waals surface area contributed by atoms with Crippen molar-refractivity contribution in [1.29, 1.82) is 0 Å². The Labute approximate surface area is 176 Å². The first-order valence-corrected chi connectivity index (χ1v) is 10.7. The molecular weight excluding hydrogens is 372 g/mol. The van der Waals surface area contributed by atoms with E-state index in [1.54, 1.807) is 0 Å². The summed E-state index contributed by atoms with van der Waals surface area (Å²) in [6.07, 6.45) is 0.663. The molecule has 0 saturated carbocycles. The molecule has 0 spiro atoms. The van der Waals surface area contributed by atoms with Crippen molar-refractivity contribution in [2.45, 2.75) is 18.9 Å². The summed E-state index contributed by atoms with van der Waals surface area (Å²) in [5.41, 5.74) is 2.38. The van der Waals surface area contributed by atoms with Gasteiger partial charge in [-0.15, -0.1) is 0 Å². The lowest BCUT2D eigenvalue weighted by molar-refractivity contribution is -0.142. The van der Waals surface area contributed by atoms with Crippen LogP contribution in [0, 0.1) is 0 Å². The van der Waals surface area contributed by atoms with Crippen LogP contribution >= 0.6 is 0 Å². The zero-order chi connectivity index (χ0) is 20.6. The summed E-state index contributed by atoms with van der Waals surface area (Å²) in [6, 6.07) is 27.1. The lowest BCUT2D eigenvalue weighted by atomic mass is 9.84. The van der Waals surface area contributed by atoms with Crippen LogP contribution in [0.5, 0.6) is 0 Å². The second-order valence-corrected chi connectivity index (χ2v) is 7.85. The van der Waals surface area contributed by atoms with Gasteiger partial charge in [0.25, 0.3) is 5.91 Å². The van der Waals surface area contributed by atoms with Crippen LogP contribution in [-0.4, -0.2) is 41.7 Å². The Bertz CT molecular complexity index is 1140. The van der Waals surface area contributed by atoms with Crippen molar-refractivity contribution in [2.75, 3.05) is 26.3 Å². The highest BCUT2D eigenvalue weighted by molar-refractivity contribution is 6.10. The summed E-state index contributed by atoms with van der Waals surface area (Å²) in [4.78, 5) is 16.3. The van der Waals surface area contributed by atoms with Crippen LogP contribution < -0.4 is 0 Å². The second-order valence-electron chi connectivity index (χ2n) is 7.85. The van der Waals surface area contributed by atoms with Crippen LogP contribution in [0.3, 0.4) is 0 Å². The summed E-state index contributed by atoms with van der Waals surface area (Å²) in [5.74, 6) is 0.144. The molecule has 2 heterocycles. The summed E-state index contributed by atoms with van der Waals surface area (Å²) >= 11 is 0. The Morgan fingerprint density at radius 3 is 1.93 bits per heavy atom. The molecule has 0 radical (unpaired) electrons. The summed E-state index contributed by atoms with van der Waals surface area (Å²) in [6.45, 7) is 4.56. The lowest BCUT2D eigenvalue weighted by Crippen LogP contribution is -2.54. The third-order valence-electron chi connectivity index (χ3n) is 6.38. The van der Waals surface area contributed by atoms with Crippen molar-refractivity contribution in [3.05, 3.63) is 84.4 Å². The minimum absolute atomic E-state index is 0.144. The van der Waals surface area contributed by atoms with Crippen molar-refractivity contribution in [3.8, 4) is 0 Å². The third kappa shape index (κ3) is 2.75. The molecule has 30 heavy (non-hydrogen) atoms. The SMILES string of the molecule is CC[C@@](C(=O)N1CCOCC1)(c1ccccc1)n1c2ccccc2c2ccccc21. The van der Waals surface area contributed by atoms with E-state index in [0.717, 1.165) is 16.6 Å². The first kappa shape index (κ1) is 18.9. The van der Waals surface area contributed by atoms with Gasteiger partial charge >= 0.3 is 0 Å². The molecule has 1 fully saturated rings. The van der Waals surface area contributed by atoms with Crippen LogP contribution in [0.1, 0.15) is 18.9 Å². The maximum absolute atomic E-state index is 14.3. The number of para-hydroxylation sites is 2. The Kier molecular flexibility index (Phi) is 4.80. The van der Waals surface area contributed by atoms with Gasteiger partial charge in [0, 0.05) is 23.9 Å². The first-order valence-electron chi connectivity index (χ1n) is 10.7. The van der Waals surface area contributed by atoms with Gasteiger partial charge in [-0.1, -0.05) is 73.7 Å². The van der Waals surface area contributed by atoms with E-state index in [2.05, 4.69) is 72.2 Å². The molecule has 1 aliphatic heterocycles.